The topological polar surface area (TPSA) is 99.9 Å². The summed E-state index contributed by atoms with van der Waals surface area (Å²) in [4.78, 5) is 15.2. The second-order valence-electron chi connectivity index (χ2n) is 2.72. The van der Waals surface area contributed by atoms with Gasteiger partial charge >= 0.3 is 6.16 Å². The second kappa shape index (κ2) is 4.85. The Balaban J connectivity index is 2.59. The normalized spacial score (nSPS) is 9.13. The van der Waals surface area contributed by atoms with Crippen molar-refractivity contribution in [1.82, 2.24) is 0 Å². The van der Waals surface area contributed by atoms with Crippen LogP contribution in [0.1, 0.15) is 5.56 Å². The van der Waals surface area contributed by atoms with Gasteiger partial charge in [-0.3, -0.25) is 4.84 Å². The number of ether oxygens (including phenoxy) is 1. The minimum Gasteiger partial charge on any atom is -0.393 e. The van der Waals surface area contributed by atoms with E-state index < -0.39 is 6.16 Å². The number of carbonyl (C=O) groups is 1. The van der Waals surface area contributed by atoms with E-state index in [9.17, 15) is 4.79 Å². The van der Waals surface area contributed by atoms with E-state index >= 15 is 0 Å². The van der Waals surface area contributed by atoms with Gasteiger partial charge in [-0.15, -0.1) is 0 Å². The molecule has 0 saturated carbocycles. The van der Waals surface area contributed by atoms with Gasteiger partial charge in [-0.1, -0.05) is 18.2 Å². The fourth-order valence-corrected chi connectivity index (χ4v) is 0.869. The lowest BCUT2D eigenvalue weighted by Crippen LogP contribution is -2.24. The molecule has 0 amide bonds. The third kappa shape index (κ3) is 3.55. The molecule has 0 aliphatic carbocycles. The number of benzene rings is 1. The molecule has 0 aromatic heterocycles. The van der Waals surface area contributed by atoms with Crippen LogP contribution in [0.25, 0.3) is 0 Å². The highest BCUT2D eigenvalue weighted by Gasteiger charge is 2.07. The molecule has 0 spiro atoms. The number of hydrogen-bond donors (Lipinski definition) is 2. The summed E-state index contributed by atoms with van der Waals surface area (Å²) in [5.41, 5.74) is 10.7. The molecule has 0 unspecified atom stereocenters. The number of nitrogens with two attached hydrogens (primary N) is 2. The summed E-state index contributed by atoms with van der Waals surface area (Å²) in [5, 5.41) is 3.05. The maximum Gasteiger partial charge on any atom is 0.540 e. The van der Waals surface area contributed by atoms with Crippen molar-refractivity contribution in [3.8, 4) is 5.75 Å². The lowest BCUT2D eigenvalue weighted by Gasteiger charge is -2.03. The van der Waals surface area contributed by atoms with Gasteiger partial charge in [0.25, 0.3) is 0 Å². The predicted molar refractivity (Wildman–Crippen MR) is 54.1 cm³/mol. The first kappa shape index (κ1) is 10.8. The highest BCUT2D eigenvalue weighted by Crippen LogP contribution is 2.16. The van der Waals surface area contributed by atoms with Crippen molar-refractivity contribution in [1.29, 1.82) is 0 Å². The van der Waals surface area contributed by atoms with Crippen LogP contribution in [-0.4, -0.2) is 12.1 Å². The van der Waals surface area contributed by atoms with Gasteiger partial charge in [0.15, 0.2) is 0 Å². The Labute approximate surface area is 86.4 Å². The summed E-state index contributed by atoms with van der Waals surface area (Å²) in [7, 11) is 0. The summed E-state index contributed by atoms with van der Waals surface area (Å²) >= 11 is 0. The Morgan fingerprint density at radius 3 is 2.60 bits per heavy atom. The molecule has 0 saturated heterocycles. The van der Waals surface area contributed by atoms with Gasteiger partial charge in [0.05, 0.1) is 0 Å². The number of hydrogen-bond acceptors (Lipinski definition) is 4. The average Bonchev–Trinajstić information content (AvgIpc) is 2.18. The zero-order valence-electron chi connectivity index (χ0n) is 8.14. The van der Waals surface area contributed by atoms with Gasteiger partial charge in [-0.05, 0) is 23.7 Å². The third-order valence-electron chi connectivity index (χ3n) is 1.51. The largest absolute Gasteiger partial charge is 0.540 e. The monoisotopic (exact) mass is 209 g/mol. The molecule has 0 aliphatic heterocycles. The molecule has 6 heteroatoms. The molecule has 0 bridgehead atoms. The summed E-state index contributed by atoms with van der Waals surface area (Å²) in [6.07, 6.45) is -0.988. The molecule has 0 radical (unpaired) electrons. The third-order valence-corrected chi connectivity index (χ3v) is 1.51. The van der Waals surface area contributed by atoms with Crippen molar-refractivity contribution in [2.75, 3.05) is 0 Å². The van der Waals surface area contributed by atoms with Crippen LogP contribution in [0, 0.1) is 6.92 Å². The van der Waals surface area contributed by atoms with Gasteiger partial charge in [0.2, 0.25) is 5.96 Å². The fourth-order valence-electron chi connectivity index (χ4n) is 0.869. The SMILES string of the molecule is Cc1ccccc1OC(=O)ON=C(N)N. The number of oxime groups is 1. The van der Waals surface area contributed by atoms with E-state index in [2.05, 4.69) is 9.99 Å². The zero-order chi connectivity index (χ0) is 11.3. The maximum absolute atomic E-state index is 11.0. The fraction of sp³-hybridized carbons (Fsp3) is 0.111. The van der Waals surface area contributed by atoms with E-state index in [-0.39, 0.29) is 5.96 Å². The molecular weight excluding hydrogens is 198 g/mol. The second-order valence-corrected chi connectivity index (χ2v) is 2.72. The molecule has 0 heterocycles. The van der Waals surface area contributed by atoms with E-state index in [0.29, 0.717) is 5.75 Å². The van der Waals surface area contributed by atoms with Crippen molar-refractivity contribution in [3.63, 3.8) is 0 Å². The van der Waals surface area contributed by atoms with Crippen molar-refractivity contribution in [2.45, 2.75) is 6.92 Å². The molecule has 1 rings (SSSR count). The van der Waals surface area contributed by atoms with Crippen LogP contribution in [0.4, 0.5) is 4.79 Å². The van der Waals surface area contributed by atoms with E-state index in [4.69, 9.17) is 16.2 Å². The van der Waals surface area contributed by atoms with E-state index in [1.165, 1.54) is 0 Å². The Morgan fingerprint density at radius 1 is 1.33 bits per heavy atom. The number of rotatable bonds is 2. The quantitative estimate of drug-likeness (QED) is 0.186. The van der Waals surface area contributed by atoms with E-state index in [1.54, 1.807) is 25.1 Å². The van der Waals surface area contributed by atoms with Crippen LogP contribution in [0.3, 0.4) is 0 Å². The minimum atomic E-state index is -0.988. The van der Waals surface area contributed by atoms with Gasteiger partial charge in [-0.25, -0.2) is 4.79 Å². The van der Waals surface area contributed by atoms with Gasteiger partial charge in [0.1, 0.15) is 5.75 Å². The lowest BCUT2D eigenvalue weighted by atomic mass is 10.2. The van der Waals surface area contributed by atoms with Gasteiger partial charge < -0.3 is 16.2 Å². The number of carbonyl (C=O) groups excluding carboxylic acids is 1. The summed E-state index contributed by atoms with van der Waals surface area (Å²) in [6, 6.07) is 6.98. The van der Waals surface area contributed by atoms with Crippen molar-refractivity contribution < 1.29 is 14.4 Å². The van der Waals surface area contributed by atoms with Crippen LogP contribution in [0.2, 0.25) is 0 Å². The predicted octanol–water partition coefficient (Wildman–Crippen LogP) is 0.699. The Morgan fingerprint density at radius 2 is 2.00 bits per heavy atom. The van der Waals surface area contributed by atoms with Crippen molar-refractivity contribution in [2.24, 2.45) is 16.6 Å². The summed E-state index contributed by atoms with van der Waals surface area (Å²) < 4.78 is 4.82. The van der Waals surface area contributed by atoms with Crippen LogP contribution < -0.4 is 16.2 Å². The number of nitrogens with zero attached hydrogens (tertiary/aromatic N) is 1. The van der Waals surface area contributed by atoms with E-state index in [1.807, 2.05) is 6.07 Å². The Hall–Kier alpha value is -2.24. The Kier molecular flexibility index (Phi) is 3.50. The van der Waals surface area contributed by atoms with Crippen molar-refractivity contribution in [3.05, 3.63) is 29.8 Å². The van der Waals surface area contributed by atoms with Gasteiger partial charge in [-0.2, -0.15) is 0 Å². The smallest absolute Gasteiger partial charge is 0.393 e. The minimum absolute atomic E-state index is 0.350. The van der Waals surface area contributed by atoms with Crippen molar-refractivity contribution >= 4 is 12.1 Å². The van der Waals surface area contributed by atoms with Crippen LogP contribution >= 0.6 is 0 Å². The first-order valence-corrected chi connectivity index (χ1v) is 4.13. The molecule has 0 aliphatic rings. The van der Waals surface area contributed by atoms with Crippen LogP contribution in [0.15, 0.2) is 29.4 Å². The summed E-state index contributed by atoms with van der Waals surface area (Å²) in [5.74, 6) is 0.0463. The average molecular weight is 209 g/mol. The number of para-hydroxylation sites is 1. The molecule has 1 aromatic rings. The van der Waals surface area contributed by atoms with Crippen LogP contribution in [0.5, 0.6) is 5.75 Å². The molecule has 0 atom stereocenters. The zero-order valence-corrected chi connectivity index (χ0v) is 8.14. The Bertz CT molecular complexity index is 386. The summed E-state index contributed by atoms with van der Waals surface area (Å²) in [6.45, 7) is 1.79. The van der Waals surface area contributed by atoms with Crippen LogP contribution in [-0.2, 0) is 4.84 Å². The lowest BCUT2D eigenvalue weighted by molar-refractivity contribution is 0.102. The number of guanidine groups is 1. The molecule has 1 aromatic carbocycles. The molecule has 80 valence electrons. The maximum atomic E-state index is 11.0. The standard InChI is InChI=1S/C9H11N3O3/c1-6-4-2-3-5-7(6)14-9(13)15-12-8(10)11/h2-5H,1H3,(H4,10,11,12). The number of aryl methyl sites for hydroxylation is 1. The first-order chi connectivity index (χ1) is 7.09. The molecule has 4 N–H and O–H groups in total. The van der Waals surface area contributed by atoms with Gasteiger partial charge in [0, 0.05) is 0 Å². The molecule has 15 heavy (non-hydrogen) atoms. The molecule has 0 fully saturated rings. The highest BCUT2D eigenvalue weighted by molar-refractivity contribution is 5.76. The first-order valence-electron chi connectivity index (χ1n) is 4.13. The highest BCUT2D eigenvalue weighted by atomic mass is 16.8. The van der Waals surface area contributed by atoms with E-state index in [0.717, 1.165) is 5.56 Å². The molecule has 6 nitrogen and oxygen atoms in total. The molecular formula is C9H11N3O3.